The third-order valence-electron chi connectivity index (χ3n) is 3.23. The molecule has 2 aliphatic rings. The van der Waals surface area contributed by atoms with Crippen LogP contribution in [0.4, 0.5) is 0 Å². The van der Waals surface area contributed by atoms with Gasteiger partial charge in [-0.2, -0.15) is 0 Å². The van der Waals surface area contributed by atoms with Gasteiger partial charge in [0.2, 0.25) is 0 Å². The Bertz CT molecular complexity index is 367. The van der Waals surface area contributed by atoms with Gasteiger partial charge in [-0.05, 0) is 5.56 Å². The standard InChI is InChI=1S/C13H16O4/c14-12-11(6-10-8-16-13(12)17-10)15-7-9-4-2-1-3-5-9/h1-5,10-14H,6-8H2/t10-,11-,12+,13+/m0/s1. The molecule has 2 heterocycles. The second-order valence-corrected chi connectivity index (χ2v) is 4.52. The predicted molar refractivity (Wildman–Crippen MR) is 60.3 cm³/mol. The van der Waals surface area contributed by atoms with Crippen LogP contribution in [0, 0.1) is 0 Å². The SMILES string of the molecule is O[C@H]1[C@@H]2OC[C@H](C[C@@H]1OCc1ccccc1)O2. The maximum Gasteiger partial charge on any atom is 0.186 e. The van der Waals surface area contributed by atoms with Crippen molar-refractivity contribution in [2.75, 3.05) is 6.61 Å². The monoisotopic (exact) mass is 236 g/mol. The minimum atomic E-state index is -0.683. The van der Waals surface area contributed by atoms with Gasteiger partial charge in [0.25, 0.3) is 0 Å². The summed E-state index contributed by atoms with van der Waals surface area (Å²) in [5.41, 5.74) is 1.11. The molecule has 2 saturated heterocycles. The Hall–Kier alpha value is -0.940. The Labute approximate surface area is 100 Å². The summed E-state index contributed by atoms with van der Waals surface area (Å²) >= 11 is 0. The van der Waals surface area contributed by atoms with Gasteiger partial charge in [0, 0.05) is 6.42 Å². The van der Waals surface area contributed by atoms with Gasteiger partial charge in [0.15, 0.2) is 6.29 Å². The summed E-state index contributed by atoms with van der Waals surface area (Å²) in [5.74, 6) is 0. The van der Waals surface area contributed by atoms with E-state index in [4.69, 9.17) is 14.2 Å². The van der Waals surface area contributed by atoms with Crippen molar-refractivity contribution in [3.05, 3.63) is 35.9 Å². The Kier molecular flexibility index (Phi) is 3.11. The molecular weight excluding hydrogens is 220 g/mol. The number of hydrogen-bond donors (Lipinski definition) is 1. The maximum absolute atomic E-state index is 9.96. The van der Waals surface area contributed by atoms with Crippen molar-refractivity contribution in [3.8, 4) is 0 Å². The summed E-state index contributed by atoms with van der Waals surface area (Å²) in [6, 6.07) is 9.95. The molecule has 0 unspecified atom stereocenters. The molecule has 2 bridgehead atoms. The van der Waals surface area contributed by atoms with Gasteiger partial charge in [-0.1, -0.05) is 30.3 Å². The van der Waals surface area contributed by atoms with E-state index in [9.17, 15) is 5.11 Å². The highest BCUT2D eigenvalue weighted by Crippen LogP contribution is 2.29. The zero-order valence-corrected chi connectivity index (χ0v) is 9.49. The minimum absolute atomic E-state index is 0.0733. The van der Waals surface area contributed by atoms with Gasteiger partial charge in [0.05, 0.1) is 25.4 Å². The molecule has 1 N–H and O–H groups in total. The van der Waals surface area contributed by atoms with E-state index in [-0.39, 0.29) is 12.2 Å². The van der Waals surface area contributed by atoms with Crippen molar-refractivity contribution in [1.29, 1.82) is 0 Å². The van der Waals surface area contributed by atoms with Crippen LogP contribution in [0.1, 0.15) is 12.0 Å². The lowest BCUT2D eigenvalue weighted by Crippen LogP contribution is -2.45. The molecule has 4 atom stereocenters. The van der Waals surface area contributed by atoms with Crippen LogP contribution in [-0.4, -0.2) is 36.3 Å². The Morgan fingerprint density at radius 1 is 1.29 bits per heavy atom. The summed E-state index contributed by atoms with van der Waals surface area (Å²) in [5, 5.41) is 9.96. The normalized spacial score (nSPS) is 36.1. The highest BCUT2D eigenvalue weighted by atomic mass is 16.7. The van der Waals surface area contributed by atoms with E-state index in [0.29, 0.717) is 19.6 Å². The van der Waals surface area contributed by atoms with Crippen molar-refractivity contribution in [1.82, 2.24) is 0 Å². The number of ether oxygens (including phenoxy) is 3. The summed E-state index contributed by atoms with van der Waals surface area (Å²) in [6.07, 6.45) is -0.609. The molecular formula is C13H16O4. The van der Waals surface area contributed by atoms with Crippen LogP contribution >= 0.6 is 0 Å². The van der Waals surface area contributed by atoms with Crippen LogP contribution in [-0.2, 0) is 20.8 Å². The molecule has 4 nitrogen and oxygen atoms in total. The second-order valence-electron chi connectivity index (χ2n) is 4.52. The van der Waals surface area contributed by atoms with Crippen LogP contribution in [0.5, 0.6) is 0 Å². The Morgan fingerprint density at radius 2 is 2.12 bits per heavy atom. The van der Waals surface area contributed by atoms with E-state index in [0.717, 1.165) is 5.56 Å². The molecule has 4 heteroatoms. The predicted octanol–water partition coefficient (Wildman–Crippen LogP) is 1.08. The van der Waals surface area contributed by atoms with Crippen molar-refractivity contribution < 1.29 is 19.3 Å². The number of rotatable bonds is 3. The molecule has 2 aliphatic heterocycles. The lowest BCUT2D eigenvalue weighted by molar-refractivity contribution is -0.206. The van der Waals surface area contributed by atoms with Crippen molar-refractivity contribution >= 4 is 0 Å². The van der Waals surface area contributed by atoms with Crippen molar-refractivity contribution in [3.63, 3.8) is 0 Å². The smallest absolute Gasteiger partial charge is 0.186 e. The first kappa shape index (κ1) is 11.2. The van der Waals surface area contributed by atoms with Gasteiger partial charge >= 0.3 is 0 Å². The molecule has 0 aliphatic carbocycles. The van der Waals surface area contributed by atoms with Crippen molar-refractivity contribution in [2.24, 2.45) is 0 Å². The molecule has 3 rings (SSSR count). The number of benzene rings is 1. The van der Waals surface area contributed by atoms with Crippen molar-refractivity contribution in [2.45, 2.75) is 37.6 Å². The minimum Gasteiger partial charge on any atom is -0.385 e. The van der Waals surface area contributed by atoms with Crippen LogP contribution in [0.2, 0.25) is 0 Å². The van der Waals surface area contributed by atoms with Gasteiger partial charge in [0.1, 0.15) is 6.10 Å². The highest BCUT2D eigenvalue weighted by Gasteiger charge is 2.43. The molecule has 92 valence electrons. The summed E-state index contributed by atoms with van der Waals surface area (Å²) in [6.45, 7) is 1.08. The van der Waals surface area contributed by atoms with E-state index in [1.807, 2.05) is 30.3 Å². The summed E-state index contributed by atoms with van der Waals surface area (Å²) in [7, 11) is 0. The topological polar surface area (TPSA) is 47.9 Å². The van der Waals surface area contributed by atoms with Gasteiger partial charge in [-0.15, -0.1) is 0 Å². The van der Waals surface area contributed by atoms with Crippen LogP contribution in [0.3, 0.4) is 0 Å². The van der Waals surface area contributed by atoms with Crippen LogP contribution in [0.15, 0.2) is 30.3 Å². The fraction of sp³-hybridized carbons (Fsp3) is 0.538. The lowest BCUT2D eigenvalue weighted by atomic mass is 10.0. The van der Waals surface area contributed by atoms with E-state index in [1.54, 1.807) is 0 Å². The molecule has 2 fully saturated rings. The number of aliphatic hydroxyl groups is 1. The fourth-order valence-corrected chi connectivity index (χ4v) is 2.29. The first-order chi connectivity index (χ1) is 8.33. The molecule has 0 spiro atoms. The van der Waals surface area contributed by atoms with Crippen LogP contribution in [0.25, 0.3) is 0 Å². The number of aliphatic hydroxyl groups excluding tert-OH is 1. The molecule has 1 aromatic carbocycles. The lowest BCUT2D eigenvalue weighted by Gasteiger charge is -2.31. The summed E-state index contributed by atoms with van der Waals surface area (Å²) in [4.78, 5) is 0. The molecule has 17 heavy (non-hydrogen) atoms. The molecule has 0 amide bonds. The molecule has 0 saturated carbocycles. The second kappa shape index (κ2) is 4.74. The Balaban J connectivity index is 1.58. The average Bonchev–Trinajstić information content (AvgIpc) is 2.78. The number of hydrogen-bond acceptors (Lipinski definition) is 4. The fourth-order valence-electron chi connectivity index (χ4n) is 2.29. The first-order valence-corrected chi connectivity index (χ1v) is 5.93. The summed E-state index contributed by atoms with van der Waals surface area (Å²) < 4.78 is 16.5. The quantitative estimate of drug-likeness (QED) is 0.853. The third-order valence-corrected chi connectivity index (χ3v) is 3.23. The van der Waals surface area contributed by atoms with E-state index >= 15 is 0 Å². The van der Waals surface area contributed by atoms with Gasteiger partial charge in [-0.3, -0.25) is 0 Å². The van der Waals surface area contributed by atoms with E-state index in [2.05, 4.69) is 0 Å². The highest BCUT2D eigenvalue weighted by molar-refractivity contribution is 5.13. The molecule has 0 aromatic heterocycles. The van der Waals surface area contributed by atoms with Crippen LogP contribution < -0.4 is 0 Å². The largest absolute Gasteiger partial charge is 0.385 e. The van der Waals surface area contributed by atoms with E-state index in [1.165, 1.54) is 0 Å². The Morgan fingerprint density at radius 3 is 2.94 bits per heavy atom. The first-order valence-electron chi connectivity index (χ1n) is 5.93. The van der Waals surface area contributed by atoms with Gasteiger partial charge < -0.3 is 19.3 Å². The third kappa shape index (κ3) is 2.35. The number of fused-ring (bicyclic) bond motifs is 2. The molecule has 0 radical (unpaired) electrons. The maximum atomic E-state index is 9.96. The zero-order valence-electron chi connectivity index (χ0n) is 9.49. The van der Waals surface area contributed by atoms with E-state index < -0.39 is 12.4 Å². The zero-order chi connectivity index (χ0) is 11.7. The average molecular weight is 236 g/mol. The molecule has 1 aromatic rings. The van der Waals surface area contributed by atoms with Gasteiger partial charge in [-0.25, -0.2) is 0 Å².